The molecule has 5 unspecified atom stereocenters. The van der Waals surface area contributed by atoms with Crippen LogP contribution in [0.25, 0.3) is 0 Å². The minimum atomic E-state index is -0.535. The van der Waals surface area contributed by atoms with E-state index < -0.39 is 6.29 Å². The molecule has 0 bridgehead atoms. The topological polar surface area (TPSA) is 29.5 Å². The molecule has 0 aromatic rings. The summed E-state index contributed by atoms with van der Waals surface area (Å²) in [5.41, 5.74) is 0.543. The Hall–Kier alpha value is -0.0800. The number of hydrogen-bond donors (Lipinski definition) is 1. The molecule has 1 heterocycles. The molecular weight excluding hydrogens is 188 g/mol. The molecular formula is C13H22O2. The van der Waals surface area contributed by atoms with Crippen molar-refractivity contribution in [2.75, 3.05) is 0 Å². The zero-order valence-electron chi connectivity index (χ0n) is 10.2. The lowest BCUT2D eigenvalue weighted by Crippen LogP contribution is -2.30. The fraction of sp³-hybridized carbons (Fsp3) is 1.00. The molecule has 0 aromatic heterocycles. The summed E-state index contributed by atoms with van der Waals surface area (Å²) in [5.74, 6) is 0.670. The van der Waals surface area contributed by atoms with E-state index in [2.05, 4.69) is 27.7 Å². The third-order valence-corrected chi connectivity index (χ3v) is 6.39. The van der Waals surface area contributed by atoms with Crippen LogP contribution in [0.15, 0.2) is 0 Å². The van der Waals surface area contributed by atoms with Gasteiger partial charge in [0.15, 0.2) is 6.29 Å². The first-order valence-corrected chi connectivity index (χ1v) is 6.27. The van der Waals surface area contributed by atoms with Gasteiger partial charge in [0, 0.05) is 10.8 Å². The third-order valence-electron chi connectivity index (χ3n) is 6.39. The summed E-state index contributed by atoms with van der Waals surface area (Å²) in [6.45, 7) is 9.08. The van der Waals surface area contributed by atoms with Crippen molar-refractivity contribution in [3.8, 4) is 0 Å². The molecule has 2 aliphatic carbocycles. The molecule has 5 atom stereocenters. The first kappa shape index (κ1) is 10.1. The number of aliphatic hydroxyl groups excluding tert-OH is 1. The second-order valence-corrected chi connectivity index (χ2v) is 6.41. The molecule has 2 saturated carbocycles. The molecule has 3 rings (SSSR count). The van der Waals surface area contributed by atoms with Gasteiger partial charge in [-0.25, -0.2) is 0 Å². The fourth-order valence-corrected chi connectivity index (χ4v) is 5.05. The van der Waals surface area contributed by atoms with Crippen LogP contribution in [0.4, 0.5) is 0 Å². The highest BCUT2D eigenvalue weighted by atomic mass is 16.6. The smallest absolute Gasteiger partial charge is 0.161 e. The Balaban J connectivity index is 2.04. The van der Waals surface area contributed by atoms with Crippen LogP contribution in [0, 0.1) is 22.2 Å². The van der Waals surface area contributed by atoms with Crippen LogP contribution in [0.1, 0.15) is 47.0 Å². The predicted molar refractivity (Wildman–Crippen MR) is 58.2 cm³/mol. The molecule has 1 N–H and O–H groups in total. The monoisotopic (exact) mass is 210 g/mol. The maximum Gasteiger partial charge on any atom is 0.161 e. The van der Waals surface area contributed by atoms with E-state index in [0.717, 1.165) is 0 Å². The zero-order chi connectivity index (χ0) is 11.1. The summed E-state index contributed by atoms with van der Waals surface area (Å²) in [6.07, 6.45) is 3.50. The van der Waals surface area contributed by atoms with Crippen LogP contribution >= 0.6 is 0 Å². The minimum Gasteiger partial charge on any atom is -0.367 e. The Morgan fingerprint density at radius 1 is 1.33 bits per heavy atom. The SMILES string of the molecule is CCC1CCC23C1OC(O)C2(C)C3(C)C. The molecule has 1 spiro atoms. The van der Waals surface area contributed by atoms with Crippen molar-refractivity contribution in [2.45, 2.75) is 59.4 Å². The largest absolute Gasteiger partial charge is 0.367 e. The van der Waals surface area contributed by atoms with E-state index >= 15 is 0 Å². The second kappa shape index (κ2) is 2.43. The van der Waals surface area contributed by atoms with Crippen molar-refractivity contribution in [3.05, 3.63) is 0 Å². The summed E-state index contributed by atoms with van der Waals surface area (Å²) < 4.78 is 5.84. The molecule has 0 amide bonds. The van der Waals surface area contributed by atoms with Crippen molar-refractivity contribution in [1.82, 2.24) is 0 Å². The number of ether oxygens (including phenoxy) is 1. The highest BCUT2D eigenvalue weighted by Gasteiger charge is 2.90. The molecule has 0 radical (unpaired) electrons. The van der Waals surface area contributed by atoms with Gasteiger partial charge in [0.25, 0.3) is 0 Å². The van der Waals surface area contributed by atoms with E-state index in [1.54, 1.807) is 0 Å². The van der Waals surface area contributed by atoms with E-state index in [-0.39, 0.29) is 16.2 Å². The fourth-order valence-electron chi connectivity index (χ4n) is 5.05. The van der Waals surface area contributed by atoms with Gasteiger partial charge < -0.3 is 9.84 Å². The summed E-state index contributed by atoms with van der Waals surface area (Å²) in [7, 11) is 0. The lowest BCUT2D eigenvalue weighted by molar-refractivity contribution is -0.159. The van der Waals surface area contributed by atoms with Gasteiger partial charge >= 0.3 is 0 Å². The normalized spacial score (nSPS) is 60.2. The zero-order valence-corrected chi connectivity index (χ0v) is 10.2. The van der Waals surface area contributed by atoms with Crippen molar-refractivity contribution in [3.63, 3.8) is 0 Å². The van der Waals surface area contributed by atoms with Crippen LogP contribution in [0.3, 0.4) is 0 Å². The highest BCUT2D eigenvalue weighted by molar-refractivity contribution is 5.34. The van der Waals surface area contributed by atoms with E-state index in [9.17, 15) is 5.11 Å². The van der Waals surface area contributed by atoms with E-state index in [1.165, 1.54) is 19.3 Å². The van der Waals surface area contributed by atoms with Crippen molar-refractivity contribution >= 4 is 0 Å². The summed E-state index contributed by atoms with van der Waals surface area (Å²) >= 11 is 0. The molecule has 2 heteroatoms. The average molecular weight is 210 g/mol. The maximum absolute atomic E-state index is 10.1. The molecule has 0 aromatic carbocycles. The Labute approximate surface area is 92.0 Å². The first-order valence-electron chi connectivity index (χ1n) is 6.27. The number of aliphatic hydroxyl groups is 1. The van der Waals surface area contributed by atoms with Crippen LogP contribution in [-0.2, 0) is 4.74 Å². The summed E-state index contributed by atoms with van der Waals surface area (Å²) in [5, 5.41) is 10.1. The average Bonchev–Trinajstić information content (AvgIpc) is 2.55. The Morgan fingerprint density at radius 2 is 2.00 bits per heavy atom. The Kier molecular flexibility index (Phi) is 1.64. The molecule has 1 aliphatic heterocycles. The first-order chi connectivity index (χ1) is 6.93. The molecule has 2 nitrogen and oxygen atoms in total. The van der Waals surface area contributed by atoms with Gasteiger partial charge in [-0.15, -0.1) is 0 Å². The summed E-state index contributed by atoms with van der Waals surface area (Å²) in [6, 6.07) is 0. The number of rotatable bonds is 1. The minimum absolute atomic E-state index is 0.00852. The number of hydrogen-bond acceptors (Lipinski definition) is 2. The van der Waals surface area contributed by atoms with E-state index in [1.807, 2.05) is 0 Å². The van der Waals surface area contributed by atoms with Crippen LogP contribution in [0.2, 0.25) is 0 Å². The van der Waals surface area contributed by atoms with E-state index in [0.29, 0.717) is 12.0 Å². The van der Waals surface area contributed by atoms with Gasteiger partial charge in [-0.2, -0.15) is 0 Å². The highest BCUT2D eigenvalue weighted by Crippen LogP contribution is 2.88. The van der Waals surface area contributed by atoms with Crippen LogP contribution in [-0.4, -0.2) is 17.5 Å². The van der Waals surface area contributed by atoms with E-state index in [4.69, 9.17) is 4.74 Å². The third kappa shape index (κ3) is 0.706. The van der Waals surface area contributed by atoms with Gasteiger partial charge in [-0.3, -0.25) is 0 Å². The predicted octanol–water partition coefficient (Wildman–Crippen LogP) is 2.56. The second-order valence-electron chi connectivity index (χ2n) is 6.41. The molecule has 3 fully saturated rings. The van der Waals surface area contributed by atoms with Gasteiger partial charge in [0.1, 0.15) is 0 Å². The molecule has 86 valence electrons. The standard InChI is InChI=1S/C13H22O2/c1-5-8-6-7-13-9(8)15-10(14)12(13,4)11(13,2)3/h8-10,14H,5-7H2,1-4H3. The van der Waals surface area contributed by atoms with Gasteiger partial charge in [-0.1, -0.05) is 34.1 Å². The van der Waals surface area contributed by atoms with Gasteiger partial charge in [0.2, 0.25) is 0 Å². The van der Waals surface area contributed by atoms with Crippen molar-refractivity contribution < 1.29 is 9.84 Å². The Morgan fingerprint density at radius 3 is 2.53 bits per heavy atom. The quantitative estimate of drug-likeness (QED) is 0.720. The van der Waals surface area contributed by atoms with Crippen molar-refractivity contribution in [2.24, 2.45) is 22.2 Å². The molecule has 3 aliphatic rings. The lowest BCUT2D eigenvalue weighted by Gasteiger charge is -2.27. The van der Waals surface area contributed by atoms with Crippen molar-refractivity contribution in [1.29, 1.82) is 0 Å². The lowest BCUT2D eigenvalue weighted by atomic mass is 9.89. The molecule has 1 saturated heterocycles. The summed E-state index contributed by atoms with van der Waals surface area (Å²) in [4.78, 5) is 0. The molecule has 15 heavy (non-hydrogen) atoms. The Bertz CT molecular complexity index is 312. The van der Waals surface area contributed by atoms with Gasteiger partial charge in [-0.05, 0) is 24.2 Å². The van der Waals surface area contributed by atoms with Crippen LogP contribution in [0.5, 0.6) is 0 Å². The maximum atomic E-state index is 10.1. The van der Waals surface area contributed by atoms with Gasteiger partial charge in [0.05, 0.1) is 6.10 Å². The van der Waals surface area contributed by atoms with Crippen LogP contribution < -0.4 is 0 Å².